The number of H-pyrrole nitrogens is 1. The molecule has 32 heavy (non-hydrogen) atoms. The predicted octanol–water partition coefficient (Wildman–Crippen LogP) is 6.20. The minimum atomic E-state index is -1.71. The zero-order valence-electron chi connectivity index (χ0n) is 19.0. The minimum Gasteiger partial charge on any atom is -0.309 e. The smallest absolute Gasteiger partial charge is 0.309 e. The number of aromatic amines is 1. The molecule has 0 bridgehead atoms. The second-order valence-electron chi connectivity index (χ2n) is 10.3. The van der Waals surface area contributed by atoms with E-state index in [1.165, 1.54) is 0 Å². The van der Waals surface area contributed by atoms with Crippen molar-refractivity contribution in [2.24, 2.45) is 0 Å². The molecular weight excluding hydrogens is 465 g/mol. The topological polar surface area (TPSA) is 90.1 Å². The summed E-state index contributed by atoms with van der Waals surface area (Å²) in [5.41, 5.74) is 1.45. The van der Waals surface area contributed by atoms with Crippen LogP contribution in [-0.4, -0.2) is 35.1 Å². The van der Waals surface area contributed by atoms with E-state index in [2.05, 4.69) is 40.5 Å². The van der Waals surface area contributed by atoms with Crippen molar-refractivity contribution < 1.29 is 9.59 Å². The van der Waals surface area contributed by atoms with Gasteiger partial charge in [-0.25, -0.2) is 4.79 Å². The maximum absolute atomic E-state index is 13.3. The summed E-state index contributed by atoms with van der Waals surface area (Å²) in [7, 11) is -1.71. The van der Waals surface area contributed by atoms with Crippen LogP contribution >= 0.6 is 23.2 Å². The third-order valence-electron chi connectivity index (χ3n) is 7.19. The average Bonchev–Trinajstić information content (AvgIpc) is 3.14. The Morgan fingerprint density at radius 1 is 1.16 bits per heavy atom. The maximum atomic E-state index is 13.3. The fourth-order valence-corrected chi connectivity index (χ4v) is 7.73. The van der Waals surface area contributed by atoms with Gasteiger partial charge in [0, 0.05) is 15.6 Å². The van der Waals surface area contributed by atoms with Gasteiger partial charge in [-0.1, -0.05) is 49.3 Å². The maximum Gasteiger partial charge on any atom is 0.322 e. The van der Waals surface area contributed by atoms with Crippen LogP contribution in [0.3, 0.4) is 0 Å². The molecule has 4 rings (SSSR count). The summed E-state index contributed by atoms with van der Waals surface area (Å²) in [5, 5.41) is 14.0. The van der Waals surface area contributed by atoms with E-state index < -0.39 is 13.6 Å². The fraction of sp³-hybridized carbons (Fsp3) is 0.500. The second kappa shape index (κ2) is 7.78. The molecule has 0 unspecified atom stereocenters. The van der Waals surface area contributed by atoms with Crippen molar-refractivity contribution in [3.05, 3.63) is 39.5 Å². The molecule has 1 aliphatic heterocycles. The molecule has 2 aromatic rings. The lowest BCUT2D eigenvalue weighted by Crippen LogP contribution is -2.52. The molecule has 10 heteroatoms. The molecule has 2 aliphatic rings. The quantitative estimate of drug-likeness (QED) is 0.442. The van der Waals surface area contributed by atoms with Gasteiger partial charge >= 0.3 is 6.03 Å². The largest absolute Gasteiger partial charge is 0.322 e. The number of hydrogen-bond acceptors (Lipinski definition) is 3. The number of urea groups is 1. The fourth-order valence-electron chi connectivity index (χ4n) is 4.80. The average molecular weight is 494 g/mol. The molecule has 7 nitrogen and oxygen atoms in total. The third-order valence-corrected chi connectivity index (χ3v) is 11.4. The number of halogens is 2. The number of carbonyl (C=O) groups excluding carboxylic acids is 2. The highest BCUT2D eigenvalue weighted by Gasteiger charge is 2.54. The van der Waals surface area contributed by atoms with Gasteiger partial charge in [0.15, 0.2) is 5.82 Å². The van der Waals surface area contributed by atoms with Gasteiger partial charge in [0.2, 0.25) is 5.91 Å². The van der Waals surface area contributed by atoms with Crippen LogP contribution < -0.4 is 10.6 Å². The Kier molecular flexibility index (Phi) is 5.62. The van der Waals surface area contributed by atoms with Gasteiger partial charge in [0.05, 0.1) is 36.6 Å². The highest BCUT2D eigenvalue weighted by Crippen LogP contribution is 2.56. The Hall–Kier alpha value is -2.03. The Morgan fingerprint density at radius 3 is 2.44 bits per heavy atom. The first-order valence-electron chi connectivity index (χ1n) is 10.8. The number of anilines is 2. The first-order valence-corrected chi connectivity index (χ1v) is 15.1. The monoisotopic (exact) mass is 493 g/mol. The molecule has 1 aromatic heterocycles. The van der Waals surface area contributed by atoms with E-state index in [4.69, 9.17) is 23.2 Å². The zero-order chi connectivity index (χ0) is 23.5. The first kappa shape index (κ1) is 23.1. The Balaban J connectivity index is 1.55. The molecule has 1 aromatic carbocycles. The number of carbonyl (C=O) groups is 2. The third kappa shape index (κ3) is 3.62. The van der Waals surface area contributed by atoms with Gasteiger partial charge in [-0.15, -0.1) is 0 Å². The highest BCUT2D eigenvalue weighted by molar-refractivity contribution is 6.83. The summed E-state index contributed by atoms with van der Waals surface area (Å²) in [4.78, 5) is 28.1. The van der Waals surface area contributed by atoms with Gasteiger partial charge < -0.3 is 15.5 Å². The van der Waals surface area contributed by atoms with E-state index in [1.807, 2.05) is 13.8 Å². The number of aromatic nitrogens is 2. The molecule has 3 N–H and O–H groups in total. The SMILES string of the molecule is CC1(C)c2[nH]nc(NC(=O)C3([Si](C)(C)C)CCC3)c2CN1C(=O)Nc1cc(Cl)ccc1Cl. The van der Waals surface area contributed by atoms with Gasteiger partial charge in [0.25, 0.3) is 0 Å². The molecule has 2 heterocycles. The summed E-state index contributed by atoms with van der Waals surface area (Å²) < 4.78 is 0. The van der Waals surface area contributed by atoms with Crippen molar-refractivity contribution in [1.29, 1.82) is 0 Å². The number of nitrogens with zero attached hydrogens (tertiary/aromatic N) is 2. The van der Waals surface area contributed by atoms with Crippen molar-refractivity contribution in [2.75, 3.05) is 10.6 Å². The Labute approximate surface area is 199 Å². The molecular formula is C22H29Cl2N5O2Si. The van der Waals surface area contributed by atoms with Crippen LogP contribution in [0.25, 0.3) is 0 Å². The number of amides is 3. The van der Waals surface area contributed by atoms with Crippen molar-refractivity contribution in [3.8, 4) is 0 Å². The van der Waals surface area contributed by atoms with Crippen LogP contribution in [0.15, 0.2) is 18.2 Å². The number of hydrogen-bond donors (Lipinski definition) is 3. The van der Waals surface area contributed by atoms with Crippen LogP contribution in [0.5, 0.6) is 0 Å². The number of benzene rings is 1. The van der Waals surface area contributed by atoms with Crippen molar-refractivity contribution in [1.82, 2.24) is 15.1 Å². The van der Waals surface area contributed by atoms with E-state index in [0.717, 1.165) is 30.5 Å². The number of fused-ring (bicyclic) bond motifs is 1. The number of rotatable bonds is 4. The van der Waals surface area contributed by atoms with Gasteiger partial charge in [-0.3, -0.25) is 9.89 Å². The first-order chi connectivity index (χ1) is 14.9. The Morgan fingerprint density at radius 2 is 1.84 bits per heavy atom. The summed E-state index contributed by atoms with van der Waals surface area (Å²) >= 11 is 12.3. The highest BCUT2D eigenvalue weighted by atomic mass is 35.5. The molecule has 1 fully saturated rings. The van der Waals surface area contributed by atoms with Crippen LogP contribution in [0.2, 0.25) is 34.7 Å². The lowest BCUT2D eigenvalue weighted by Gasteiger charge is -2.48. The van der Waals surface area contributed by atoms with Crippen LogP contribution in [0.4, 0.5) is 16.3 Å². The standard InChI is InChI=1S/C22H29Cl2N5O2Si/c1-21(2)17-14(12-29(21)20(31)25-16-11-13(23)7-8-15(16)24)18(28-27-17)26-19(30)22(9-6-10-22)32(3,4)5/h7-8,11H,6,9-10,12H2,1-5H3,(H,25,31)(H2,26,27,28,30). The van der Waals surface area contributed by atoms with Crippen molar-refractivity contribution >= 4 is 54.7 Å². The van der Waals surface area contributed by atoms with E-state index in [0.29, 0.717) is 28.1 Å². The summed E-state index contributed by atoms with van der Waals surface area (Å²) in [5.74, 6) is 0.572. The molecule has 1 saturated carbocycles. The van der Waals surface area contributed by atoms with Crippen LogP contribution in [0, 0.1) is 0 Å². The summed E-state index contributed by atoms with van der Waals surface area (Å²) in [6.07, 6.45) is 2.95. The molecule has 0 radical (unpaired) electrons. The minimum absolute atomic E-state index is 0.0589. The number of nitrogens with one attached hydrogen (secondary N) is 3. The van der Waals surface area contributed by atoms with Crippen LogP contribution in [-0.2, 0) is 16.9 Å². The van der Waals surface area contributed by atoms with E-state index in [-0.39, 0.29) is 17.0 Å². The lowest BCUT2D eigenvalue weighted by atomic mass is 9.83. The zero-order valence-corrected chi connectivity index (χ0v) is 21.5. The Bertz CT molecular complexity index is 1090. The normalized spacial score (nSPS) is 18.7. The van der Waals surface area contributed by atoms with Crippen molar-refractivity contribution in [2.45, 2.75) is 69.9 Å². The second-order valence-corrected chi connectivity index (χ2v) is 16.6. The van der Waals surface area contributed by atoms with Gasteiger partial charge in [-0.05, 0) is 44.9 Å². The van der Waals surface area contributed by atoms with Gasteiger partial charge in [0.1, 0.15) is 0 Å². The van der Waals surface area contributed by atoms with Crippen molar-refractivity contribution in [3.63, 3.8) is 0 Å². The summed E-state index contributed by atoms with van der Waals surface area (Å²) in [6.45, 7) is 10.9. The molecule has 3 amide bonds. The lowest BCUT2D eigenvalue weighted by molar-refractivity contribution is -0.121. The van der Waals surface area contributed by atoms with Crippen LogP contribution in [0.1, 0.15) is 44.4 Å². The van der Waals surface area contributed by atoms with Gasteiger partial charge in [-0.2, -0.15) is 5.10 Å². The van der Waals surface area contributed by atoms with E-state index in [9.17, 15) is 9.59 Å². The predicted molar refractivity (Wildman–Crippen MR) is 131 cm³/mol. The molecule has 0 saturated heterocycles. The van der Waals surface area contributed by atoms with E-state index in [1.54, 1.807) is 23.1 Å². The summed E-state index contributed by atoms with van der Waals surface area (Å²) in [6, 6.07) is 4.62. The molecule has 1 aliphatic carbocycles. The van der Waals surface area contributed by atoms with E-state index >= 15 is 0 Å². The molecule has 0 atom stereocenters. The molecule has 0 spiro atoms. The molecule has 172 valence electrons.